The third-order valence-corrected chi connectivity index (χ3v) is 4.05. The van der Waals surface area contributed by atoms with Crippen LogP contribution in [-0.2, 0) is 6.54 Å². The predicted molar refractivity (Wildman–Crippen MR) is 77.5 cm³/mol. The standard InChI is InChI=1S/C14H19N3OS/c1-4-12(13-6-5-11(18-3)7-15-13)16-8-14-10(2)17-9-19-14/h5-7,9,12,16H,4,8H2,1-3H3. The zero-order chi connectivity index (χ0) is 13.7. The molecule has 0 saturated heterocycles. The van der Waals surface area contributed by atoms with Crippen molar-refractivity contribution in [3.8, 4) is 5.75 Å². The first-order valence-corrected chi connectivity index (χ1v) is 7.24. The van der Waals surface area contributed by atoms with Crippen LogP contribution in [0.2, 0.25) is 0 Å². The number of rotatable bonds is 6. The topological polar surface area (TPSA) is 47.0 Å². The monoisotopic (exact) mass is 277 g/mol. The number of hydrogen-bond acceptors (Lipinski definition) is 5. The van der Waals surface area contributed by atoms with E-state index in [-0.39, 0.29) is 6.04 Å². The maximum Gasteiger partial charge on any atom is 0.137 e. The molecule has 0 radical (unpaired) electrons. The first-order valence-electron chi connectivity index (χ1n) is 6.36. The summed E-state index contributed by atoms with van der Waals surface area (Å²) in [6.45, 7) is 5.03. The van der Waals surface area contributed by atoms with Gasteiger partial charge in [0.1, 0.15) is 5.75 Å². The van der Waals surface area contributed by atoms with E-state index >= 15 is 0 Å². The molecule has 0 aliphatic rings. The molecule has 5 heteroatoms. The molecule has 2 rings (SSSR count). The van der Waals surface area contributed by atoms with Crippen molar-refractivity contribution in [1.29, 1.82) is 0 Å². The fraction of sp³-hybridized carbons (Fsp3) is 0.429. The molecule has 0 saturated carbocycles. The molecule has 1 atom stereocenters. The molecule has 0 spiro atoms. The molecule has 4 nitrogen and oxygen atoms in total. The van der Waals surface area contributed by atoms with Crippen LogP contribution in [0.5, 0.6) is 5.75 Å². The van der Waals surface area contributed by atoms with Gasteiger partial charge in [-0.1, -0.05) is 6.92 Å². The fourth-order valence-electron chi connectivity index (χ4n) is 1.89. The summed E-state index contributed by atoms with van der Waals surface area (Å²) in [5.41, 5.74) is 4.04. The molecule has 2 aromatic rings. The summed E-state index contributed by atoms with van der Waals surface area (Å²) in [5.74, 6) is 0.789. The van der Waals surface area contributed by atoms with E-state index in [2.05, 4.69) is 22.2 Å². The minimum absolute atomic E-state index is 0.257. The lowest BCUT2D eigenvalue weighted by molar-refractivity contribution is 0.411. The quantitative estimate of drug-likeness (QED) is 0.881. The molecule has 0 aromatic carbocycles. The number of ether oxygens (including phenoxy) is 1. The lowest BCUT2D eigenvalue weighted by atomic mass is 10.1. The van der Waals surface area contributed by atoms with E-state index in [9.17, 15) is 0 Å². The van der Waals surface area contributed by atoms with Crippen LogP contribution in [0.25, 0.3) is 0 Å². The van der Waals surface area contributed by atoms with Gasteiger partial charge in [-0.25, -0.2) is 4.98 Å². The van der Waals surface area contributed by atoms with Gasteiger partial charge in [-0.05, 0) is 25.5 Å². The van der Waals surface area contributed by atoms with Gasteiger partial charge in [-0.15, -0.1) is 11.3 Å². The highest BCUT2D eigenvalue weighted by Crippen LogP contribution is 2.19. The van der Waals surface area contributed by atoms with Crippen LogP contribution in [0.4, 0.5) is 0 Å². The summed E-state index contributed by atoms with van der Waals surface area (Å²) in [6, 6.07) is 4.22. The number of nitrogens with zero attached hydrogens (tertiary/aromatic N) is 2. The summed E-state index contributed by atoms with van der Waals surface area (Å²) < 4.78 is 5.13. The van der Waals surface area contributed by atoms with Crippen LogP contribution in [0.15, 0.2) is 23.8 Å². The highest BCUT2D eigenvalue weighted by Gasteiger charge is 2.11. The van der Waals surface area contributed by atoms with Crippen molar-refractivity contribution in [2.24, 2.45) is 0 Å². The number of aryl methyl sites for hydroxylation is 1. The minimum Gasteiger partial charge on any atom is -0.495 e. The second-order valence-electron chi connectivity index (χ2n) is 4.33. The lowest BCUT2D eigenvalue weighted by Crippen LogP contribution is -2.21. The maximum atomic E-state index is 5.13. The Balaban J connectivity index is 2.01. The third-order valence-electron chi connectivity index (χ3n) is 3.11. The molecule has 0 bridgehead atoms. The Kier molecular flexibility index (Phi) is 4.87. The fourth-order valence-corrected chi connectivity index (χ4v) is 2.62. The smallest absolute Gasteiger partial charge is 0.137 e. The zero-order valence-electron chi connectivity index (χ0n) is 11.5. The largest absolute Gasteiger partial charge is 0.495 e. The Morgan fingerprint density at radius 3 is 2.74 bits per heavy atom. The molecule has 0 aliphatic carbocycles. The van der Waals surface area contributed by atoms with Crippen LogP contribution in [0.1, 0.15) is 35.7 Å². The van der Waals surface area contributed by atoms with Gasteiger partial charge in [0.25, 0.3) is 0 Å². The molecule has 0 amide bonds. The van der Waals surface area contributed by atoms with E-state index in [0.29, 0.717) is 0 Å². The van der Waals surface area contributed by atoms with Gasteiger partial charge in [0.05, 0.1) is 30.2 Å². The lowest BCUT2D eigenvalue weighted by Gasteiger charge is -2.16. The highest BCUT2D eigenvalue weighted by molar-refractivity contribution is 7.09. The molecule has 19 heavy (non-hydrogen) atoms. The summed E-state index contributed by atoms with van der Waals surface area (Å²) in [4.78, 5) is 9.99. The summed E-state index contributed by atoms with van der Waals surface area (Å²) in [6.07, 6.45) is 2.76. The Morgan fingerprint density at radius 1 is 1.37 bits per heavy atom. The maximum absolute atomic E-state index is 5.13. The number of thiazole rings is 1. The van der Waals surface area contributed by atoms with Gasteiger partial charge in [-0.3, -0.25) is 4.98 Å². The SMILES string of the molecule is CCC(NCc1scnc1C)c1ccc(OC)cn1. The van der Waals surface area contributed by atoms with E-state index in [1.165, 1.54) is 4.88 Å². The molecule has 0 fully saturated rings. The van der Waals surface area contributed by atoms with Crippen molar-refractivity contribution in [2.45, 2.75) is 32.9 Å². The summed E-state index contributed by atoms with van der Waals surface area (Å²) in [7, 11) is 1.65. The second-order valence-corrected chi connectivity index (χ2v) is 5.26. The molecular formula is C14H19N3OS. The van der Waals surface area contributed by atoms with Crippen molar-refractivity contribution in [2.75, 3.05) is 7.11 Å². The van der Waals surface area contributed by atoms with Gasteiger partial charge in [0.15, 0.2) is 0 Å². The molecule has 1 N–H and O–H groups in total. The molecule has 0 aliphatic heterocycles. The number of hydrogen-bond donors (Lipinski definition) is 1. The zero-order valence-corrected chi connectivity index (χ0v) is 12.3. The van der Waals surface area contributed by atoms with Crippen LogP contribution < -0.4 is 10.1 Å². The van der Waals surface area contributed by atoms with Gasteiger partial charge >= 0.3 is 0 Å². The first kappa shape index (κ1) is 14.0. The predicted octanol–water partition coefficient (Wildman–Crippen LogP) is 3.10. The average molecular weight is 277 g/mol. The third kappa shape index (κ3) is 3.52. The van der Waals surface area contributed by atoms with Crippen molar-refractivity contribution in [1.82, 2.24) is 15.3 Å². The highest BCUT2D eigenvalue weighted by atomic mass is 32.1. The Morgan fingerprint density at radius 2 is 2.21 bits per heavy atom. The number of aromatic nitrogens is 2. The van der Waals surface area contributed by atoms with E-state index in [1.807, 2.05) is 24.6 Å². The Labute approximate surface area is 117 Å². The number of methoxy groups -OCH3 is 1. The van der Waals surface area contributed by atoms with Crippen molar-refractivity contribution < 1.29 is 4.74 Å². The second kappa shape index (κ2) is 6.63. The van der Waals surface area contributed by atoms with Crippen LogP contribution in [-0.4, -0.2) is 17.1 Å². The number of pyridine rings is 1. The van der Waals surface area contributed by atoms with Crippen LogP contribution in [0.3, 0.4) is 0 Å². The van der Waals surface area contributed by atoms with Crippen molar-refractivity contribution >= 4 is 11.3 Å². The van der Waals surface area contributed by atoms with Crippen molar-refractivity contribution in [3.63, 3.8) is 0 Å². The normalized spacial score (nSPS) is 12.4. The van der Waals surface area contributed by atoms with E-state index in [4.69, 9.17) is 4.74 Å². The molecule has 102 valence electrons. The Hall–Kier alpha value is -1.46. The Bertz CT molecular complexity index is 510. The first-order chi connectivity index (χ1) is 9.24. The minimum atomic E-state index is 0.257. The molecule has 1 unspecified atom stereocenters. The van der Waals surface area contributed by atoms with Gasteiger partial charge in [-0.2, -0.15) is 0 Å². The molecule has 2 aromatic heterocycles. The molecular weight excluding hydrogens is 258 g/mol. The van der Waals surface area contributed by atoms with Gasteiger partial charge < -0.3 is 10.1 Å². The summed E-state index contributed by atoms with van der Waals surface area (Å²) in [5, 5.41) is 3.53. The van der Waals surface area contributed by atoms with E-state index < -0.39 is 0 Å². The van der Waals surface area contributed by atoms with Crippen LogP contribution in [0, 0.1) is 6.92 Å². The van der Waals surface area contributed by atoms with E-state index in [0.717, 1.165) is 30.1 Å². The van der Waals surface area contributed by atoms with Crippen LogP contribution >= 0.6 is 11.3 Å². The van der Waals surface area contributed by atoms with E-state index in [1.54, 1.807) is 24.6 Å². The number of nitrogens with one attached hydrogen (secondary N) is 1. The van der Waals surface area contributed by atoms with Crippen molar-refractivity contribution in [3.05, 3.63) is 40.1 Å². The summed E-state index contributed by atoms with van der Waals surface area (Å²) >= 11 is 1.69. The van der Waals surface area contributed by atoms with Gasteiger partial charge in [0.2, 0.25) is 0 Å². The average Bonchev–Trinajstić information content (AvgIpc) is 2.86. The van der Waals surface area contributed by atoms with Gasteiger partial charge in [0, 0.05) is 17.5 Å². The molecule has 2 heterocycles.